The summed E-state index contributed by atoms with van der Waals surface area (Å²) in [6.45, 7) is 0.942. The average Bonchev–Trinajstić information content (AvgIpc) is 3.43. The number of H-pyrrole nitrogens is 1. The summed E-state index contributed by atoms with van der Waals surface area (Å²) in [6, 6.07) is 12.9. The third-order valence-corrected chi connectivity index (χ3v) is 5.66. The minimum Gasteiger partial charge on any atom is -0.494 e. The van der Waals surface area contributed by atoms with E-state index in [1.165, 1.54) is 18.9 Å². The van der Waals surface area contributed by atoms with Crippen molar-refractivity contribution in [3.05, 3.63) is 59.9 Å². The van der Waals surface area contributed by atoms with Crippen molar-refractivity contribution in [1.29, 1.82) is 0 Å². The van der Waals surface area contributed by atoms with Gasteiger partial charge in [0, 0.05) is 12.0 Å². The lowest BCUT2D eigenvalue weighted by Crippen LogP contribution is -2.24. The highest BCUT2D eigenvalue weighted by atomic mass is 35.5. The molecule has 1 amide bonds. The number of tetrazole rings is 1. The number of alkyl halides is 1. The highest BCUT2D eigenvalue weighted by molar-refractivity contribution is 6.17. The van der Waals surface area contributed by atoms with E-state index in [-0.39, 0.29) is 12.5 Å². The van der Waals surface area contributed by atoms with E-state index < -0.39 is 6.10 Å². The molecule has 9 nitrogen and oxygen atoms in total. The van der Waals surface area contributed by atoms with Gasteiger partial charge in [0.15, 0.2) is 17.6 Å². The first kappa shape index (κ1) is 24.5. The quantitative estimate of drug-likeness (QED) is 0.207. The molecule has 2 aromatic carbocycles. The van der Waals surface area contributed by atoms with Gasteiger partial charge >= 0.3 is 0 Å². The van der Waals surface area contributed by atoms with Crippen LogP contribution >= 0.6 is 11.6 Å². The number of carbonyl (C=O) groups is 1. The highest BCUT2D eigenvalue weighted by Crippen LogP contribution is 2.41. The average molecular weight is 498 g/mol. The van der Waals surface area contributed by atoms with Crippen molar-refractivity contribution in [2.75, 3.05) is 24.4 Å². The van der Waals surface area contributed by atoms with Crippen molar-refractivity contribution in [3.63, 3.8) is 0 Å². The van der Waals surface area contributed by atoms with Crippen LogP contribution in [-0.2, 0) is 4.79 Å². The maximum atomic E-state index is 12.6. The minimum absolute atomic E-state index is 0.248. The number of nitrogens with zero attached hydrogens (tertiary/aromatic N) is 3. The predicted octanol–water partition coefficient (Wildman–Crippen LogP) is 4.93. The monoisotopic (exact) mass is 497 g/mol. The number of aromatic amines is 1. The Hall–Kier alpha value is -3.59. The Morgan fingerprint density at radius 2 is 1.97 bits per heavy atom. The fourth-order valence-corrected chi connectivity index (χ4v) is 3.75. The summed E-state index contributed by atoms with van der Waals surface area (Å²) in [4.78, 5) is 12.6. The Kier molecular flexibility index (Phi) is 8.94. The molecule has 0 spiro atoms. The number of nitrogens with one attached hydrogen (secondary N) is 2. The van der Waals surface area contributed by atoms with Gasteiger partial charge in [-0.1, -0.05) is 42.7 Å². The highest BCUT2D eigenvalue weighted by Gasteiger charge is 2.28. The molecule has 184 valence electrons. The van der Waals surface area contributed by atoms with Gasteiger partial charge in [0.25, 0.3) is 0 Å². The lowest BCUT2D eigenvalue weighted by molar-refractivity contribution is -0.111. The van der Waals surface area contributed by atoms with Gasteiger partial charge in [-0.05, 0) is 48.7 Å². The van der Waals surface area contributed by atoms with Gasteiger partial charge in [-0.15, -0.1) is 21.8 Å². The molecule has 10 heteroatoms. The number of fused-ring (bicyclic) bond motifs is 1. The van der Waals surface area contributed by atoms with Crippen LogP contribution in [0.4, 0.5) is 5.69 Å². The Morgan fingerprint density at radius 1 is 1.14 bits per heavy atom. The fourth-order valence-electron chi connectivity index (χ4n) is 3.56. The van der Waals surface area contributed by atoms with Gasteiger partial charge in [-0.3, -0.25) is 4.79 Å². The molecule has 1 aromatic heterocycles. The first-order valence-corrected chi connectivity index (χ1v) is 12.2. The Labute approximate surface area is 208 Å². The van der Waals surface area contributed by atoms with Crippen molar-refractivity contribution < 1.29 is 19.0 Å². The summed E-state index contributed by atoms with van der Waals surface area (Å²) < 4.78 is 17.5. The van der Waals surface area contributed by atoms with Crippen molar-refractivity contribution in [2.45, 2.75) is 38.2 Å². The maximum absolute atomic E-state index is 12.6. The minimum atomic E-state index is -0.522. The van der Waals surface area contributed by atoms with Crippen molar-refractivity contribution in [3.8, 4) is 17.2 Å². The molecule has 0 radical (unpaired) electrons. The second kappa shape index (κ2) is 12.8. The lowest BCUT2D eigenvalue weighted by Gasteiger charge is -2.26. The molecule has 0 aliphatic carbocycles. The molecule has 0 saturated heterocycles. The van der Waals surface area contributed by atoms with Crippen LogP contribution in [0.2, 0.25) is 0 Å². The van der Waals surface area contributed by atoms with Crippen LogP contribution < -0.4 is 19.5 Å². The van der Waals surface area contributed by atoms with E-state index in [9.17, 15) is 4.79 Å². The van der Waals surface area contributed by atoms with E-state index in [1.54, 1.807) is 24.3 Å². The van der Waals surface area contributed by atoms with Crippen molar-refractivity contribution in [2.24, 2.45) is 0 Å². The standard InChI is InChI=1S/C25H28ClN5O4/c26-15-4-2-1-3-5-16-33-19-12-9-18(10-13-19)11-14-23(32)27-20-7-6-8-21-24(20)35-22(17-34-21)25-28-30-31-29-25/h6-14,22H,1-5,15-17H2,(H,27,32)(H,28,29,30,31). The second-order valence-electron chi connectivity index (χ2n) is 8.02. The topological polar surface area (TPSA) is 111 Å². The molecule has 1 unspecified atom stereocenters. The predicted molar refractivity (Wildman–Crippen MR) is 133 cm³/mol. The molecular formula is C25H28ClN5O4. The van der Waals surface area contributed by atoms with Gasteiger partial charge < -0.3 is 19.5 Å². The van der Waals surface area contributed by atoms with Crippen LogP contribution in [0.3, 0.4) is 0 Å². The fraction of sp³-hybridized carbons (Fsp3) is 0.360. The number of halogens is 1. The van der Waals surface area contributed by atoms with Crippen molar-refractivity contribution >= 4 is 29.3 Å². The summed E-state index contributed by atoms with van der Waals surface area (Å²) in [5.41, 5.74) is 1.39. The molecule has 3 aromatic rings. The Balaban J connectivity index is 1.27. The first-order valence-electron chi connectivity index (χ1n) is 11.7. The molecule has 0 saturated carbocycles. The summed E-state index contributed by atoms with van der Waals surface area (Å²) in [6.07, 6.45) is 8.30. The number of aromatic nitrogens is 4. The number of hydrogen-bond acceptors (Lipinski definition) is 7. The van der Waals surface area contributed by atoms with Crippen LogP contribution in [0.15, 0.2) is 48.5 Å². The van der Waals surface area contributed by atoms with E-state index in [0.717, 1.165) is 36.5 Å². The Bertz CT molecular complexity index is 1110. The summed E-state index contributed by atoms with van der Waals surface area (Å²) in [5, 5.41) is 16.7. The number of benzene rings is 2. The van der Waals surface area contributed by atoms with E-state index >= 15 is 0 Å². The third-order valence-electron chi connectivity index (χ3n) is 5.39. The largest absolute Gasteiger partial charge is 0.494 e. The van der Waals surface area contributed by atoms with E-state index in [0.29, 0.717) is 29.6 Å². The van der Waals surface area contributed by atoms with Gasteiger partial charge in [0.05, 0.1) is 12.3 Å². The zero-order chi connectivity index (χ0) is 24.3. The van der Waals surface area contributed by atoms with Gasteiger partial charge in [-0.25, -0.2) is 0 Å². The molecule has 2 heterocycles. The molecule has 1 atom stereocenters. The zero-order valence-electron chi connectivity index (χ0n) is 19.3. The Morgan fingerprint density at radius 3 is 2.77 bits per heavy atom. The SMILES string of the molecule is O=C(C=Cc1ccc(OCCCCCCCCl)cc1)Nc1cccc2c1OC(c1nn[nH]n1)CO2. The summed E-state index contributed by atoms with van der Waals surface area (Å²) >= 11 is 5.69. The van der Waals surface area contributed by atoms with Gasteiger partial charge in [0.1, 0.15) is 12.4 Å². The third kappa shape index (κ3) is 7.19. The van der Waals surface area contributed by atoms with Crippen LogP contribution in [0, 0.1) is 0 Å². The molecule has 1 aliphatic rings. The molecule has 2 N–H and O–H groups in total. The van der Waals surface area contributed by atoms with Crippen LogP contribution in [-0.4, -0.2) is 45.6 Å². The normalized spacial score (nSPS) is 14.7. The molecule has 35 heavy (non-hydrogen) atoms. The van der Waals surface area contributed by atoms with E-state index in [2.05, 4.69) is 25.9 Å². The lowest BCUT2D eigenvalue weighted by atomic mass is 10.1. The molecular weight excluding hydrogens is 470 g/mol. The first-order chi connectivity index (χ1) is 17.2. The number of unbranched alkanes of at least 4 members (excludes halogenated alkanes) is 4. The van der Waals surface area contributed by atoms with Gasteiger partial charge in [-0.2, -0.15) is 5.21 Å². The number of anilines is 1. The number of hydrogen-bond donors (Lipinski definition) is 2. The summed E-state index contributed by atoms with van der Waals surface area (Å²) in [5.74, 6) is 2.61. The summed E-state index contributed by atoms with van der Waals surface area (Å²) in [7, 11) is 0. The zero-order valence-corrected chi connectivity index (χ0v) is 20.0. The van der Waals surface area contributed by atoms with E-state index in [4.69, 9.17) is 25.8 Å². The number of carbonyl (C=O) groups excluding carboxylic acids is 1. The number of para-hydroxylation sites is 1. The van der Waals surface area contributed by atoms with Crippen molar-refractivity contribution in [1.82, 2.24) is 20.6 Å². The van der Waals surface area contributed by atoms with E-state index in [1.807, 2.05) is 24.3 Å². The molecule has 4 rings (SSSR count). The number of ether oxygens (including phenoxy) is 3. The molecule has 0 bridgehead atoms. The molecule has 1 aliphatic heterocycles. The molecule has 0 fully saturated rings. The van der Waals surface area contributed by atoms with Crippen LogP contribution in [0.1, 0.15) is 49.6 Å². The smallest absolute Gasteiger partial charge is 0.248 e. The number of amides is 1. The van der Waals surface area contributed by atoms with Crippen LogP contribution in [0.5, 0.6) is 17.2 Å². The van der Waals surface area contributed by atoms with Gasteiger partial charge in [0.2, 0.25) is 11.7 Å². The maximum Gasteiger partial charge on any atom is 0.248 e. The second-order valence-corrected chi connectivity index (χ2v) is 8.40. The van der Waals surface area contributed by atoms with Crippen LogP contribution in [0.25, 0.3) is 6.08 Å². The number of rotatable bonds is 12.